The Morgan fingerprint density at radius 1 is 1.29 bits per heavy atom. The quantitative estimate of drug-likeness (QED) is 0.713. The lowest BCUT2D eigenvalue weighted by Gasteiger charge is -2.08. The van der Waals surface area contributed by atoms with Crippen molar-refractivity contribution in [2.75, 3.05) is 0 Å². The average molecular weight is 188 g/mol. The van der Waals surface area contributed by atoms with Crippen LogP contribution in [-0.4, -0.2) is 4.98 Å². The zero-order valence-corrected chi connectivity index (χ0v) is 7.95. The molecule has 14 heavy (non-hydrogen) atoms. The summed E-state index contributed by atoms with van der Waals surface area (Å²) in [5.41, 5.74) is 6.72. The Kier molecular flexibility index (Phi) is 2.09. The van der Waals surface area contributed by atoms with Crippen molar-refractivity contribution in [3.05, 3.63) is 46.4 Å². The lowest BCUT2D eigenvalue weighted by molar-refractivity contribution is 0.820. The second-order valence-electron chi connectivity index (χ2n) is 3.41. The standard InChI is InChI=1S/C11H12N2O/c1-7(12)10-6-13-11(14)9-5-3-2-4-8(9)10/h2-7H,12H2,1H3,(H,13,14)/t7-/m1/s1. The Labute approximate surface area is 81.6 Å². The zero-order chi connectivity index (χ0) is 10.1. The van der Waals surface area contributed by atoms with E-state index in [1.807, 2.05) is 25.1 Å². The first-order valence-corrected chi connectivity index (χ1v) is 4.56. The van der Waals surface area contributed by atoms with Crippen molar-refractivity contribution in [1.29, 1.82) is 0 Å². The van der Waals surface area contributed by atoms with Gasteiger partial charge in [-0.25, -0.2) is 0 Å². The van der Waals surface area contributed by atoms with E-state index in [1.54, 1.807) is 12.3 Å². The fourth-order valence-corrected chi connectivity index (χ4v) is 1.61. The van der Waals surface area contributed by atoms with Gasteiger partial charge in [-0.3, -0.25) is 4.79 Å². The molecule has 0 radical (unpaired) electrons. The number of pyridine rings is 1. The minimum atomic E-state index is -0.0725. The molecule has 0 fully saturated rings. The van der Waals surface area contributed by atoms with Gasteiger partial charge < -0.3 is 10.7 Å². The molecule has 0 bridgehead atoms. The Bertz CT molecular complexity index is 514. The molecule has 0 spiro atoms. The summed E-state index contributed by atoms with van der Waals surface area (Å²) in [7, 11) is 0. The number of rotatable bonds is 1. The number of H-pyrrole nitrogens is 1. The van der Waals surface area contributed by atoms with E-state index >= 15 is 0 Å². The summed E-state index contributed by atoms with van der Waals surface area (Å²) in [6.07, 6.45) is 1.69. The number of hydrogen-bond acceptors (Lipinski definition) is 2. The third kappa shape index (κ3) is 1.32. The van der Waals surface area contributed by atoms with Gasteiger partial charge in [-0.1, -0.05) is 18.2 Å². The van der Waals surface area contributed by atoms with Gasteiger partial charge in [0.1, 0.15) is 0 Å². The molecule has 72 valence electrons. The predicted molar refractivity (Wildman–Crippen MR) is 57.2 cm³/mol. The van der Waals surface area contributed by atoms with E-state index in [2.05, 4.69) is 4.98 Å². The van der Waals surface area contributed by atoms with Crippen LogP contribution in [0.5, 0.6) is 0 Å². The number of nitrogens with two attached hydrogens (primary N) is 1. The molecular formula is C11H12N2O. The van der Waals surface area contributed by atoms with Gasteiger partial charge >= 0.3 is 0 Å². The minimum absolute atomic E-state index is 0.0648. The molecule has 3 nitrogen and oxygen atoms in total. The van der Waals surface area contributed by atoms with Crippen LogP contribution < -0.4 is 11.3 Å². The average Bonchev–Trinajstić information content (AvgIpc) is 2.18. The van der Waals surface area contributed by atoms with Gasteiger partial charge in [0.2, 0.25) is 0 Å². The molecule has 1 aromatic carbocycles. The summed E-state index contributed by atoms with van der Waals surface area (Å²) in [4.78, 5) is 14.1. The minimum Gasteiger partial charge on any atom is -0.328 e. The van der Waals surface area contributed by atoms with Crippen LogP contribution in [0.15, 0.2) is 35.3 Å². The van der Waals surface area contributed by atoms with Crippen molar-refractivity contribution >= 4 is 10.8 Å². The third-order valence-corrected chi connectivity index (χ3v) is 2.33. The van der Waals surface area contributed by atoms with Crippen LogP contribution in [0, 0.1) is 0 Å². The smallest absolute Gasteiger partial charge is 0.255 e. The second kappa shape index (κ2) is 3.27. The highest BCUT2D eigenvalue weighted by atomic mass is 16.1. The van der Waals surface area contributed by atoms with Gasteiger partial charge in [0.25, 0.3) is 5.56 Å². The lowest BCUT2D eigenvalue weighted by Crippen LogP contribution is -2.12. The molecule has 0 aliphatic rings. The van der Waals surface area contributed by atoms with Gasteiger partial charge in [0.15, 0.2) is 0 Å². The first-order chi connectivity index (χ1) is 6.70. The van der Waals surface area contributed by atoms with Crippen LogP contribution in [0.4, 0.5) is 0 Å². The van der Waals surface area contributed by atoms with E-state index in [0.717, 1.165) is 10.9 Å². The molecule has 1 heterocycles. The second-order valence-corrected chi connectivity index (χ2v) is 3.41. The highest BCUT2D eigenvalue weighted by Crippen LogP contribution is 2.18. The Balaban J connectivity index is 2.89. The Morgan fingerprint density at radius 3 is 2.57 bits per heavy atom. The Hall–Kier alpha value is -1.61. The number of aromatic amines is 1. The summed E-state index contributed by atoms with van der Waals surface area (Å²) in [5, 5.41) is 1.63. The largest absolute Gasteiger partial charge is 0.328 e. The summed E-state index contributed by atoms with van der Waals surface area (Å²) < 4.78 is 0. The molecule has 0 saturated carbocycles. The van der Waals surface area contributed by atoms with Crippen molar-refractivity contribution < 1.29 is 0 Å². The summed E-state index contributed by atoms with van der Waals surface area (Å²) in [5.74, 6) is 0. The molecule has 0 saturated heterocycles. The molecule has 0 unspecified atom stereocenters. The van der Waals surface area contributed by atoms with Crippen LogP contribution in [0.3, 0.4) is 0 Å². The topological polar surface area (TPSA) is 58.9 Å². The first-order valence-electron chi connectivity index (χ1n) is 4.56. The molecule has 3 heteroatoms. The van der Waals surface area contributed by atoms with E-state index in [1.165, 1.54) is 0 Å². The van der Waals surface area contributed by atoms with Crippen molar-refractivity contribution in [3.63, 3.8) is 0 Å². The highest BCUT2D eigenvalue weighted by molar-refractivity contribution is 5.84. The molecule has 1 aromatic heterocycles. The predicted octanol–water partition coefficient (Wildman–Crippen LogP) is 1.55. The highest BCUT2D eigenvalue weighted by Gasteiger charge is 2.06. The maximum absolute atomic E-state index is 11.5. The maximum Gasteiger partial charge on any atom is 0.255 e. The molecule has 1 atom stereocenters. The summed E-state index contributed by atoms with van der Waals surface area (Å²) in [6.45, 7) is 1.90. The van der Waals surface area contributed by atoms with Crippen molar-refractivity contribution in [3.8, 4) is 0 Å². The van der Waals surface area contributed by atoms with E-state index in [0.29, 0.717) is 5.39 Å². The van der Waals surface area contributed by atoms with E-state index in [-0.39, 0.29) is 11.6 Å². The normalized spacial score (nSPS) is 13.0. The molecule has 3 N–H and O–H groups in total. The van der Waals surface area contributed by atoms with Gasteiger partial charge in [0.05, 0.1) is 0 Å². The van der Waals surface area contributed by atoms with Crippen molar-refractivity contribution in [1.82, 2.24) is 4.98 Å². The Morgan fingerprint density at radius 2 is 1.93 bits per heavy atom. The number of hydrogen-bond donors (Lipinski definition) is 2. The molecular weight excluding hydrogens is 176 g/mol. The van der Waals surface area contributed by atoms with Crippen molar-refractivity contribution in [2.45, 2.75) is 13.0 Å². The maximum atomic E-state index is 11.5. The number of benzene rings is 1. The van der Waals surface area contributed by atoms with E-state index < -0.39 is 0 Å². The van der Waals surface area contributed by atoms with E-state index in [4.69, 9.17) is 5.73 Å². The molecule has 0 amide bonds. The fraction of sp³-hybridized carbons (Fsp3) is 0.182. The molecule has 0 aliphatic carbocycles. The van der Waals surface area contributed by atoms with Gasteiger partial charge in [-0.15, -0.1) is 0 Å². The monoisotopic (exact) mass is 188 g/mol. The van der Waals surface area contributed by atoms with Gasteiger partial charge in [0, 0.05) is 17.6 Å². The van der Waals surface area contributed by atoms with Gasteiger partial charge in [-0.05, 0) is 23.9 Å². The van der Waals surface area contributed by atoms with Crippen LogP contribution in [0.25, 0.3) is 10.8 Å². The molecule has 2 aromatic rings. The van der Waals surface area contributed by atoms with Gasteiger partial charge in [-0.2, -0.15) is 0 Å². The van der Waals surface area contributed by atoms with Crippen LogP contribution in [-0.2, 0) is 0 Å². The van der Waals surface area contributed by atoms with Crippen LogP contribution >= 0.6 is 0 Å². The summed E-state index contributed by atoms with van der Waals surface area (Å²) in [6, 6.07) is 7.41. The van der Waals surface area contributed by atoms with Crippen molar-refractivity contribution in [2.24, 2.45) is 5.73 Å². The molecule has 2 rings (SSSR count). The summed E-state index contributed by atoms with van der Waals surface area (Å²) >= 11 is 0. The fourth-order valence-electron chi connectivity index (χ4n) is 1.61. The first kappa shape index (κ1) is 8.97. The number of nitrogens with one attached hydrogen (secondary N) is 1. The third-order valence-electron chi connectivity index (χ3n) is 2.33. The number of fused-ring (bicyclic) bond motifs is 1. The zero-order valence-electron chi connectivity index (χ0n) is 7.95. The number of aromatic nitrogens is 1. The molecule has 0 aliphatic heterocycles. The SMILES string of the molecule is C[C@@H](N)c1c[nH]c(=O)c2ccccc12. The lowest BCUT2D eigenvalue weighted by atomic mass is 10.0. The van der Waals surface area contributed by atoms with E-state index in [9.17, 15) is 4.79 Å². The van der Waals surface area contributed by atoms with Crippen LogP contribution in [0.2, 0.25) is 0 Å². The van der Waals surface area contributed by atoms with Crippen LogP contribution in [0.1, 0.15) is 18.5 Å².